The highest BCUT2D eigenvalue weighted by Crippen LogP contribution is 2.18. The molecule has 2 rings (SSSR count). The van der Waals surface area contributed by atoms with Gasteiger partial charge in [0.2, 0.25) is 11.8 Å². The Kier molecular flexibility index (Phi) is 6.06. The fourth-order valence-electron chi connectivity index (χ4n) is 2.59. The zero-order valence-electron chi connectivity index (χ0n) is 14.7. The summed E-state index contributed by atoms with van der Waals surface area (Å²) < 4.78 is 0. The monoisotopic (exact) mass is 338 g/mol. The molecule has 2 aromatic rings. The molecule has 25 heavy (non-hydrogen) atoms. The minimum Gasteiger partial charge on any atom is -0.311 e. The van der Waals surface area contributed by atoms with Crippen LogP contribution in [0.4, 0.5) is 11.4 Å². The summed E-state index contributed by atoms with van der Waals surface area (Å²) in [5.74, 6) is -0.439. The Morgan fingerprint density at radius 3 is 1.84 bits per heavy atom. The van der Waals surface area contributed by atoms with E-state index in [0.717, 1.165) is 5.69 Å². The Hall–Kier alpha value is -2.95. The van der Waals surface area contributed by atoms with Crippen LogP contribution in [0.15, 0.2) is 54.6 Å². The van der Waals surface area contributed by atoms with E-state index in [1.165, 1.54) is 18.7 Å². The topological polar surface area (TPSA) is 57.7 Å². The van der Waals surface area contributed by atoms with Gasteiger partial charge in [0.15, 0.2) is 5.78 Å². The lowest BCUT2D eigenvalue weighted by Crippen LogP contribution is -2.42. The number of rotatable bonds is 6. The van der Waals surface area contributed by atoms with Crippen molar-refractivity contribution in [2.24, 2.45) is 0 Å². The summed E-state index contributed by atoms with van der Waals surface area (Å²) >= 11 is 0. The van der Waals surface area contributed by atoms with E-state index in [4.69, 9.17) is 0 Å². The van der Waals surface area contributed by atoms with E-state index < -0.39 is 0 Å². The first kappa shape index (κ1) is 18.4. The van der Waals surface area contributed by atoms with Gasteiger partial charge in [0.1, 0.15) is 6.54 Å². The predicted octanol–water partition coefficient (Wildman–Crippen LogP) is 3.30. The maximum absolute atomic E-state index is 12.7. The van der Waals surface area contributed by atoms with Crippen LogP contribution in [0.25, 0.3) is 0 Å². The van der Waals surface area contributed by atoms with E-state index in [1.54, 1.807) is 29.2 Å². The van der Waals surface area contributed by atoms with Crippen molar-refractivity contribution in [1.29, 1.82) is 0 Å². The Balaban J connectivity index is 2.22. The fourth-order valence-corrected chi connectivity index (χ4v) is 2.59. The predicted molar refractivity (Wildman–Crippen MR) is 98.9 cm³/mol. The number of nitrogens with zero attached hydrogens (tertiary/aromatic N) is 2. The Morgan fingerprint density at radius 2 is 1.36 bits per heavy atom. The molecule has 2 aromatic carbocycles. The smallest absolute Gasteiger partial charge is 0.247 e. The van der Waals surface area contributed by atoms with Crippen molar-refractivity contribution in [3.05, 3.63) is 60.2 Å². The number of Topliss-reactive ketones (excluding diaryl/α,β-unsaturated/α-hetero) is 1. The van der Waals surface area contributed by atoms with E-state index in [9.17, 15) is 14.4 Å². The molecular weight excluding hydrogens is 316 g/mol. The third-order valence-electron chi connectivity index (χ3n) is 3.94. The minimum absolute atomic E-state index is 0.0433. The normalized spacial score (nSPS) is 10.2. The number of likely N-dealkylation sites (N-methyl/N-ethyl adjacent to an activating group) is 1. The van der Waals surface area contributed by atoms with Gasteiger partial charge < -0.3 is 9.80 Å². The summed E-state index contributed by atoms with van der Waals surface area (Å²) in [4.78, 5) is 39.2. The van der Waals surface area contributed by atoms with E-state index in [0.29, 0.717) is 17.8 Å². The molecule has 0 fully saturated rings. The molecule has 5 nitrogen and oxygen atoms in total. The maximum Gasteiger partial charge on any atom is 0.247 e. The van der Waals surface area contributed by atoms with E-state index >= 15 is 0 Å². The first-order valence-electron chi connectivity index (χ1n) is 8.18. The van der Waals surface area contributed by atoms with Gasteiger partial charge in [0.25, 0.3) is 0 Å². The minimum atomic E-state index is -0.229. The highest BCUT2D eigenvalue weighted by Gasteiger charge is 2.20. The van der Waals surface area contributed by atoms with E-state index in [-0.39, 0.29) is 24.1 Å². The van der Waals surface area contributed by atoms with Gasteiger partial charge >= 0.3 is 0 Å². The summed E-state index contributed by atoms with van der Waals surface area (Å²) in [5, 5.41) is 0. The number of carbonyl (C=O) groups excluding carboxylic acids is 3. The number of amides is 2. The van der Waals surface area contributed by atoms with Crippen LogP contribution in [-0.2, 0) is 9.59 Å². The largest absolute Gasteiger partial charge is 0.311 e. The molecule has 130 valence electrons. The van der Waals surface area contributed by atoms with Crippen LogP contribution in [0.2, 0.25) is 0 Å². The van der Waals surface area contributed by atoms with Crippen LogP contribution in [-0.4, -0.2) is 30.7 Å². The molecule has 0 unspecified atom stereocenters. The van der Waals surface area contributed by atoms with E-state index in [2.05, 4.69) is 0 Å². The van der Waals surface area contributed by atoms with E-state index in [1.807, 2.05) is 37.3 Å². The maximum atomic E-state index is 12.7. The SMILES string of the molecule is CCN(C(=O)CN(C(C)=O)c1ccc(C(C)=O)cc1)c1ccccc1. The van der Waals surface area contributed by atoms with Gasteiger partial charge in [-0.15, -0.1) is 0 Å². The van der Waals surface area contributed by atoms with Crippen LogP contribution in [0.5, 0.6) is 0 Å². The van der Waals surface area contributed by atoms with Crippen LogP contribution < -0.4 is 9.80 Å². The number of benzene rings is 2. The van der Waals surface area contributed by atoms with Crippen LogP contribution in [0, 0.1) is 0 Å². The van der Waals surface area contributed by atoms with Crippen molar-refractivity contribution in [3.8, 4) is 0 Å². The van der Waals surface area contributed by atoms with Crippen LogP contribution >= 0.6 is 0 Å². The molecule has 0 aliphatic carbocycles. The number of hydrogen-bond donors (Lipinski definition) is 0. The highest BCUT2D eigenvalue weighted by molar-refractivity contribution is 6.03. The molecule has 0 aromatic heterocycles. The van der Waals surface area contributed by atoms with Gasteiger partial charge in [0.05, 0.1) is 0 Å². The molecule has 0 heterocycles. The van der Waals surface area contributed by atoms with Gasteiger partial charge in [-0.2, -0.15) is 0 Å². The molecule has 0 aliphatic heterocycles. The molecule has 0 atom stereocenters. The van der Waals surface area contributed by atoms with Gasteiger partial charge in [0, 0.05) is 30.4 Å². The molecule has 5 heteroatoms. The van der Waals surface area contributed by atoms with Crippen LogP contribution in [0.1, 0.15) is 31.1 Å². The van der Waals surface area contributed by atoms with Crippen molar-refractivity contribution < 1.29 is 14.4 Å². The Morgan fingerprint density at radius 1 is 0.800 bits per heavy atom. The quantitative estimate of drug-likeness (QED) is 0.760. The summed E-state index contributed by atoms with van der Waals surface area (Å²) in [7, 11) is 0. The lowest BCUT2D eigenvalue weighted by molar-refractivity contribution is -0.121. The molecule has 2 amide bonds. The molecule has 0 aliphatic rings. The van der Waals surface area contributed by atoms with Crippen molar-refractivity contribution in [2.75, 3.05) is 22.9 Å². The standard InChI is InChI=1S/C20H22N2O3/c1-4-21(18-8-6-5-7-9-18)20(25)14-22(16(3)24)19-12-10-17(11-13-19)15(2)23/h5-13H,4,14H2,1-3H3. The van der Waals surface area contributed by atoms with Gasteiger partial charge in [-0.1, -0.05) is 18.2 Å². The number of hydrogen-bond acceptors (Lipinski definition) is 3. The second-order valence-corrected chi connectivity index (χ2v) is 5.68. The first-order valence-corrected chi connectivity index (χ1v) is 8.18. The number of para-hydroxylation sites is 1. The third kappa shape index (κ3) is 4.53. The van der Waals surface area contributed by atoms with Gasteiger partial charge in [-0.05, 0) is 50.2 Å². The summed E-state index contributed by atoms with van der Waals surface area (Å²) in [6.07, 6.45) is 0. The second-order valence-electron chi connectivity index (χ2n) is 5.68. The zero-order valence-corrected chi connectivity index (χ0v) is 14.7. The molecule has 0 bridgehead atoms. The van der Waals surface area contributed by atoms with Crippen LogP contribution in [0.3, 0.4) is 0 Å². The average molecular weight is 338 g/mol. The van der Waals surface area contributed by atoms with Gasteiger partial charge in [-0.25, -0.2) is 0 Å². The molecule has 0 saturated carbocycles. The third-order valence-corrected chi connectivity index (χ3v) is 3.94. The van der Waals surface area contributed by atoms with Crippen molar-refractivity contribution in [3.63, 3.8) is 0 Å². The highest BCUT2D eigenvalue weighted by atomic mass is 16.2. The van der Waals surface area contributed by atoms with Crippen molar-refractivity contribution in [1.82, 2.24) is 0 Å². The Labute approximate surface area is 147 Å². The first-order chi connectivity index (χ1) is 11.9. The molecule has 0 spiro atoms. The molecular formula is C20H22N2O3. The lowest BCUT2D eigenvalue weighted by atomic mass is 10.1. The molecule has 0 saturated heterocycles. The second kappa shape index (κ2) is 8.24. The van der Waals surface area contributed by atoms with Crippen molar-refractivity contribution in [2.45, 2.75) is 20.8 Å². The fraction of sp³-hybridized carbons (Fsp3) is 0.250. The zero-order chi connectivity index (χ0) is 18.4. The summed E-state index contributed by atoms with van der Waals surface area (Å²) in [6, 6.07) is 16.0. The summed E-state index contributed by atoms with van der Waals surface area (Å²) in [6.45, 7) is 5.26. The molecule has 0 radical (unpaired) electrons. The average Bonchev–Trinajstić information content (AvgIpc) is 2.61. The lowest BCUT2D eigenvalue weighted by Gasteiger charge is -2.26. The number of anilines is 2. The molecule has 0 N–H and O–H groups in total. The Bertz CT molecular complexity index is 754. The number of ketones is 1. The number of carbonyl (C=O) groups is 3. The van der Waals surface area contributed by atoms with Gasteiger partial charge in [-0.3, -0.25) is 14.4 Å². The van der Waals surface area contributed by atoms with Crippen molar-refractivity contribution >= 4 is 29.0 Å². The summed E-state index contributed by atoms with van der Waals surface area (Å²) in [5.41, 5.74) is 1.96.